The van der Waals surface area contributed by atoms with E-state index in [1.165, 1.54) is 6.42 Å². The first-order chi connectivity index (χ1) is 13.6. The minimum Gasteiger partial charge on any atom is -0.348 e. The van der Waals surface area contributed by atoms with Crippen molar-refractivity contribution in [1.29, 1.82) is 0 Å². The van der Waals surface area contributed by atoms with Crippen LogP contribution in [0, 0.1) is 6.92 Å². The lowest BCUT2D eigenvalue weighted by Gasteiger charge is -2.22. The Morgan fingerprint density at radius 1 is 1.00 bits per heavy atom. The maximum absolute atomic E-state index is 13.1. The molecule has 1 saturated carbocycles. The fraction of sp³-hybridized carbons (Fsp3) is 0.318. The third-order valence-corrected chi connectivity index (χ3v) is 5.31. The number of carbonyl (C=O) groups is 2. The molecule has 0 aliphatic heterocycles. The number of hydrogen-bond acceptors (Lipinski definition) is 3. The Morgan fingerprint density at radius 2 is 1.75 bits per heavy atom. The summed E-state index contributed by atoms with van der Waals surface area (Å²) in [6.07, 6.45) is 7.27. The van der Waals surface area contributed by atoms with Gasteiger partial charge in [0.2, 0.25) is 0 Å². The highest BCUT2D eigenvalue weighted by Gasteiger charge is 2.24. The molecule has 0 atom stereocenters. The molecule has 0 saturated heterocycles. The van der Waals surface area contributed by atoms with Gasteiger partial charge in [0.1, 0.15) is 5.65 Å². The summed E-state index contributed by atoms with van der Waals surface area (Å²) >= 11 is 0. The van der Waals surface area contributed by atoms with Crippen molar-refractivity contribution in [3.05, 3.63) is 65.5 Å². The Labute approximate surface area is 164 Å². The second-order valence-corrected chi connectivity index (χ2v) is 7.32. The molecule has 0 radical (unpaired) electrons. The van der Waals surface area contributed by atoms with Gasteiger partial charge in [-0.25, -0.2) is 4.98 Å². The van der Waals surface area contributed by atoms with Crippen LogP contribution in [0.3, 0.4) is 0 Å². The molecule has 6 nitrogen and oxygen atoms in total. The summed E-state index contributed by atoms with van der Waals surface area (Å²) in [7, 11) is 0. The van der Waals surface area contributed by atoms with E-state index >= 15 is 0 Å². The van der Waals surface area contributed by atoms with Crippen LogP contribution in [0.1, 0.15) is 58.5 Å². The highest BCUT2D eigenvalue weighted by atomic mass is 16.2. The maximum atomic E-state index is 13.1. The third kappa shape index (κ3) is 3.63. The molecule has 1 aliphatic carbocycles. The molecule has 2 heterocycles. The number of pyridine rings is 1. The number of fused-ring (bicyclic) bond motifs is 1. The number of carbonyl (C=O) groups excluding carboxylic acids is 2. The number of anilines is 1. The minimum absolute atomic E-state index is 0.176. The van der Waals surface area contributed by atoms with Crippen LogP contribution in [-0.4, -0.2) is 27.2 Å². The van der Waals surface area contributed by atoms with E-state index < -0.39 is 0 Å². The molecule has 3 aromatic rings. The molecule has 0 bridgehead atoms. The molecule has 1 aromatic carbocycles. The third-order valence-electron chi connectivity index (χ3n) is 5.31. The first kappa shape index (κ1) is 18.2. The monoisotopic (exact) mass is 376 g/mol. The normalized spacial score (nSPS) is 14.8. The van der Waals surface area contributed by atoms with Crippen LogP contribution in [0.2, 0.25) is 0 Å². The van der Waals surface area contributed by atoms with Crippen LogP contribution >= 0.6 is 0 Å². The van der Waals surface area contributed by atoms with Gasteiger partial charge in [0.15, 0.2) is 11.5 Å². The molecule has 28 heavy (non-hydrogen) atoms. The van der Waals surface area contributed by atoms with Gasteiger partial charge in [0, 0.05) is 17.8 Å². The van der Waals surface area contributed by atoms with Crippen molar-refractivity contribution in [3.8, 4) is 0 Å². The lowest BCUT2D eigenvalue weighted by molar-refractivity contribution is 0.0922. The topological polar surface area (TPSA) is 75.5 Å². The largest absolute Gasteiger partial charge is 0.348 e. The van der Waals surface area contributed by atoms with E-state index in [1.807, 2.05) is 43.3 Å². The number of amides is 2. The molecular formula is C22H24N4O2. The second-order valence-electron chi connectivity index (χ2n) is 7.32. The van der Waals surface area contributed by atoms with E-state index in [0.29, 0.717) is 16.9 Å². The van der Waals surface area contributed by atoms with Gasteiger partial charge in [-0.1, -0.05) is 43.5 Å². The quantitative estimate of drug-likeness (QED) is 0.724. The molecule has 0 unspecified atom stereocenters. The summed E-state index contributed by atoms with van der Waals surface area (Å²) in [5, 5.41) is 5.97. The van der Waals surface area contributed by atoms with E-state index in [2.05, 4.69) is 15.6 Å². The predicted octanol–water partition coefficient (Wildman–Crippen LogP) is 3.96. The minimum atomic E-state index is -0.270. The summed E-state index contributed by atoms with van der Waals surface area (Å²) in [6, 6.07) is 13.1. The molecule has 144 valence electrons. The number of benzene rings is 1. The molecule has 2 aromatic heterocycles. The average Bonchev–Trinajstić information content (AvgIpc) is 3.07. The van der Waals surface area contributed by atoms with Crippen LogP contribution in [0.15, 0.2) is 48.7 Å². The van der Waals surface area contributed by atoms with Crippen LogP contribution in [0.5, 0.6) is 0 Å². The van der Waals surface area contributed by atoms with Crippen LogP contribution in [-0.2, 0) is 0 Å². The molecule has 0 spiro atoms. The van der Waals surface area contributed by atoms with Crippen molar-refractivity contribution in [2.45, 2.75) is 45.1 Å². The van der Waals surface area contributed by atoms with E-state index in [0.717, 1.165) is 31.2 Å². The molecule has 4 rings (SSSR count). The highest BCUT2D eigenvalue weighted by Crippen LogP contribution is 2.22. The maximum Gasteiger partial charge on any atom is 0.272 e. The van der Waals surface area contributed by atoms with Gasteiger partial charge in [-0.2, -0.15) is 0 Å². The van der Waals surface area contributed by atoms with Gasteiger partial charge in [-0.3, -0.25) is 14.0 Å². The average molecular weight is 376 g/mol. The van der Waals surface area contributed by atoms with E-state index in [-0.39, 0.29) is 23.7 Å². The molecule has 6 heteroatoms. The van der Waals surface area contributed by atoms with Crippen LogP contribution < -0.4 is 10.6 Å². The van der Waals surface area contributed by atoms with Crippen molar-refractivity contribution in [3.63, 3.8) is 0 Å². The number of nitrogens with zero attached hydrogens (tertiary/aromatic N) is 2. The summed E-state index contributed by atoms with van der Waals surface area (Å²) in [4.78, 5) is 30.3. The number of hydrogen-bond donors (Lipinski definition) is 2. The standard InChI is InChI=1S/C22H24N4O2/c1-15-9-5-6-12-17(15)21(27)25-20-19(26-14-8-7-13-18(26)24-20)22(28)23-16-10-3-2-4-11-16/h5-9,12-14,16H,2-4,10-11H2,1H3,(H,23,28)(H,25,27). The number of aromatic nitrogens is 2. The SMILES string of the molecule is Cc1ccccc1C(=O)Nc1nc2ccccn2c1C(=O)NC1CCCCC1. The van der Waals surface area contributed by atoms with E-state index in [9.17, 15) is 9.59 Å². The molecule has 2 amide bonds. The summed E-state index contributed by atoms with van der Waals surface area (Å²) in [5.41, 5.74) is 2.43. The Hall–Kier alpha value is -3.15. The van der Waals surface area contributed by atoms with Crippen molar-refractivity contribution in [1.82, 2.24) is 14.7 Å². The fourth-order valence-corrected chi connectivity index (χ4v) is 3.80. The zero-order valence-electron chi connectivity index (χ0n) is 15.9. The lowest BCUT2D eigenvalue weighted by Crippen LogP contribution is -2.37. The highest BCUT2D eigenvalue weighted by molar-refractivity contribution is 6.08. The smallest absolute Gasteiger partial charge is 0.272 e. The Bertz CT molecular complexity index is 1020. The van der Waals surface area contributed by atoms with Gasteiger partial charge in [-0.15, -0.1) is 0 Å². The van der Waals surface area contributed by atoms with Gasteiger partial charge < -0.3 is 10.6 Å². The molecule has 2 N–H and O–H groups in total. The van der Waals surface area contributed by atoms with Gasteiger partial charge in [0.05, 0.1) is 0 Å². The van der Waals surface area contributed by atoms with E-state index in [1.54, 1.807) is 16.7 Å². The summed E-state index contributed by atoms with van der Waals surface area (Å²) in [6.45, 7) is 1.88. The molecule has 1 fully saturated rings. The van der Waals surface area contributed by atoms with Crippen molar-refractivity contribution < 1.29 is 9.59 Å². The Balaban J connectivity index is 1.66. The first-order valence-corrected chi connectivity index (χ1v) is 9.78. The van der Waals surface area contributed by atoms with Crippen LogP contribution in [0.4, 0.5) is 5.82 Å². The van der Waals surface area contributed by atoms with Gasteiger partial charge in [-0.05, 0) is 43.5 Å². The first-order valence-electron chi connectivity index (χ1n) is 9.78. The summed E-state index contributed by atoms with van der Waals surface area (Å²) in [5.74, 6) is -0.188. The predicted molar refractivity (Wildman–Crippen MR) is 109 cm³/mol. The Morgan fingerprint density at radius 3 is 2.54 bits per heavy atom. The van der Waals surface area contributed by atoms with Gasteiger partial charge in [0.25, 0.3) is 11.8 Å². The molecule has 1 aliphatic rings. The van der Waals surface area contributed by atoms with Crippen molar-refractivity contribution >= 4 is 23.3 Å². The number of nitrogens with one attached hydrogen (secondary N) is 2. The van der Waals surface area contributed by atoms with Gasteiger partial charge >= 0.3 is 0 Å². The second kappa shape index (κ2) is 7.84. The van der Waals surface area contributed by atoms with E-state index in [4.69, 9.17) is 0 Å². The Kier molecular flexibility index (Phi) is 5.10. The molecular weight excluding hydrogens is 352 g/mol. The summed E-state index contributed by atoms with van der Waals surface area (Å²) < 4.78 is 1.73. The lowest BCUT2D eigenvalue weighted by atomic mass is 9.95. The number of aryl methyl sites for hydroxylation is 1. The zero-order chi connectivity index (χ0) is 19.5. The zero-order valence-corrected chi connectivity index (χ0v) is 15.9. The van der Waals surface area contributed by atoms with Crippen LogP contribution in [0.25, 0.3) is 5.65 Å². The van der Waals surface area contributed by atoms with Crippen molar-refractivity contribution in [2.24, 2.45) is 0 Å². The fourth-order valence-electron chi connectivity index (χ4n) is 3.80. The number of imidazole rings is 1. The number of rotatable bonds is 4. The van der Waals surface area contributed by atoms with Crippen molar-refractivity contribution in [2.75, 3.05) is 5.32 Å².